The predicted octanol–water partition coefficient (Wildman–Crippen LogP) is 2.81. The second-order valence-corrected chi connectivity index (χ2v) is 3.39. The van der Waals surface area contributed by atoms with Crippen LogP contribution < -0.4 is 0 Å². The minimum absolute atomic E-state index is 0.292. The SMILES string of the molecule is CCC(C)OCc1ccc(C=O)cc1. The molecule has 0 saturated carbocycles. The van der Waals surface area contributed by atoms with Crippen LogP contribution in [0.1, 0.15) is 36.2 Å². The molecule has 0 radical (unpaired) electrons. The Labute approximate surface area is 84.9 Å². The average Bonchev–Trinajstić information content (AvgIpc) is 2.26. The first-order chi connectivity index (χ1) is 6.76. The molecule has 1 unspecified atom stereocenters. The van der Waals surface area contributed by atoms with E-state index >= 15 is 0 Å². The third-order valence-corrected chi connectivity index (χ3v) is 2.23. The van der Waals surface area contributed by atoms with Crippen LogP contribution in [0.15, 0.2) is 24.3 Å². The van der Waals surface area contributed by atoms with Crippen LogP contribution in [-0.4, -0.2) is 12.4 Å². The standard InChI is InChI=1S/C12H16O2/c1-3-10(2)14-9-12-6-4-11(8-13)5-7-12/h4-8,10H,3,9H2,1-2H3. The van der Waals surface area contributed by atoms with Gasteiger partial charge in [-0.2, -0.15) is 0 Å². The van der Waals surface area contributed by atoms with Gasteiger partial charge in [0.25, 0.3) is 0 Å². The summed E-state index contributed by atoms with van der Waals surface area (Å²) < 4.78 is 5.56. The zero-order chi connectivity index (χ0) is 10.4. The first-order valence-corrected chi connectivity index (χ1v) is 4.92. The molecule has 0 aromatic heterocycles. The van der Waals surface area contributed by atoms with Crippen molar-refractivity contribution in [1.82, 2.24) is 0 Å². The van der Waals surface area contributed by atoms with E-state index in [0.717, 1.165) is 18.3 Å². The molecule has 2 nitrogen and oxygen atoms in total. The fraction of sp³-hybridized carbons (Fsp3) is 0.417. The maximum atomic E-state index is 10.4. The summed E-state index contributed by atoms with van der Waals surface area (Å²) in [5, 5.41) is 0. The zero-order valence-electron chi connectivity index (χ0n) is 8.69. The van der Waals surface area contributed by atoms with Gasteiger partial charge in [0, 0.05) is 5.56 Å². The molecular formula is C12H16O2. The van der Waals surface area contributed by atoms with Gasteiger partial charge < -0.3 is 4.74 Å². The van der Waals surface area contributed by atoms with Crippen molar-refractivity contribution in [3.8, 4) is 0 Å². The summed E-state index contributed by atoms with van der Waals surface area (Å²) in [5.74, 6) is 0. The minimum atomic E-state index is 0.292. The van der Waals surface area contributed by atoms with Crippen molar-refractivity contribution in [2.24, 2.45) is 0 Å². The highest BCUT2D eigenvalue weighted by Gasteiger charge is 1.99. The summed E-state index contributed by atoms with van der Waals surface area (Å²) in [6.45, 7) is 4.77. The number of carbonyl (C=O) groups is 1. The number of hydrogen-bond donors (Lipinski definition) is 0. The maximum absolute atomic E-state index is 10.4. The van der Waals surface area contributed by atoms with Gasteiger partial charge in [-0.25, -0.2) is 0 Å². The molecular weight excluding hydrogens is 176 g/mol. The Bertz CT molecular complexity index is 277. The Balaban J connectivity index is 2.47. The van der Waals surface area contributed by atoms with E-state index in [9.17, 15) is 4.79 Å². The van der Waals surface area contributed by atoms with E-state index in [4.69, 9.17) is 4.74 Å². The molecule has 1 aromatic carbocycles. The number of benzene rings is 1. The quantitative estimate of drug-likeness (QED) is 0.670. The van der Waals surface area contributed by atoms with Gasteiger partial charge in [0.05, 0.1) is 12.7 Å². The highest BCUT2D eigenvalue weighted by Crippen LogP contribution is 2.06. The van der Waals surface area contributed by atoms with Gasteiger partial charge in [-0.1, -0.05) is 31.2 Å². The predicted molar refractivity (Wildman–Crippen MR) is 56.4 cm³/mol. The molecule has 14 heavy (non-hydrogen) atoms. The Morgan fingerprint density at radius 1 is 1.36 bits per heavy atom. The summed E-state index contributed by atoms with van der Waals surface area (Å²) in [7, 11) is 0. The third-order valence-electron chi connectivity index (χ3n) is 2.23. The Kier molecular flexibility index (Phi) is 4.33. The van der Waals surface area contributed by atoms with E-state index in [1.165, 1.54) is 0 Å². The molecule has 0 spiro atoms. The van der Waals surface area contributed by atoms with E-state index in [1.807, 2.05) is 24.3 Å². The molecule has 0 aliphatic heterocycles. The molecule has 2 heteroatoms. The van der Waals surface area contributed by atoms with Crippen LogP contribution >= 0.6 is 0 Å². The van der Waals surface area contributed by atoms with Gasteiger partial charge in [-0.05, 0) is 18.9 Å². The molecule has 1 aromatic rings. The van der Waals surface area contributed by atoms with Crippen molar-refractivity contribution >= 4 is 6.29 Å². The van der Waals surface area contributed by atoms with Crippen molar-refractivity contribution in [3.63, 3.8) is 0 Å². The van der Waals surface area contributed by atoms with Gasteiger partial charge in [-0.15, -0.1) is 0 Å². The maximum Gasteiger partial charge on any atom is 0.150 e. The zero-order valence-corrected chi connectivity index (χ0v) is 8.69. The molecule has 0 saturated heterocycles. The van der Waals surface area contributed by atoms with Crippen molar-refractivity contribution < 1.29 is 9.53 Å². The molecule has 0 amide bonds. The summed E-state index contributed by atoms with van der Waals surface area (Å²) >= 11 is 0. The monoisotopic (exact) mass is 192 g/mol. The molecule has 0 heterocycles. The summed E-state index contributed by atoms with van der Waals surface area (Å²) in [6, 6.07) is 7.46. The van der Waals surface area contributed by atoms with Gasteiger partial charge >= 0.3 is 0 Å². The lowest BCUT2D eigenvalue weighted by molar-refractivity contribution is 0.0508. The highest BCUT2D eigenvalue weighted by molar-refractivity contribution is 5.74. The van der Waals surface area contributed by atoms with Gasteiger partial charge in [-0.3, -0.25) is 4.79 Å². The van der Waals surface area contributed by atoms with Gasteiger partial charge in [0.15, 0.2) is 0 Å². The van der Waals surface area contributed by atoms with Crippen molar-refractivity contribution in [2.45, 2.75) is 33.0 Å². The van der Waals surface area contributed by atoms with Crippen LogP contribution in [0.25, 0.3) is 0 Å². The minimum Gasteiger partial charge on any atom is -0.374 e. The Morgan fingerprint density at radius 2 is 2.00 bits per heavy atom. The lowest BCUT2D eigenvalue weighted by Crippen LogP contribution is -2.05. The van der Waals surface area contributed by atoms with E-state index in [1.54, 1.807) is 0 Å². The fourth-order valence-corrected chi connectivity index (χ4v) is 1.05. The van der Waals surface area contributed by atoms with Crippen LogP contribution in [0, 0.1) is 0 Å². The number of ether oxygens (including phenoxy) is 1. The van der Waals surface area contributed by atoms with E-state index in [2.05, 4.69) is 13.8 Å². The Morgan fingerprint density at radius 3 is 2.50 bits per heavy atom. The first-order valence-electron chi connectivity index (χ1n) is 4.92. The smallest absolute Gasteiger partial charge is 0.150 e. The highest BCUT2D eigenvalue weighted by atomic mass is 16.5. The van der Waals surface area contributed by atoms with E-state index in [-0.39, 0.29) is 0 Å². The molecule has 0 fully saturated rings. The first kappa shape index (κ1) is 10.9. The normalized spacial score (nSPS) is 12.4. The van der Waals surface area contributed by atoms with Crippen molar-refractivity contribution in [1.29, 1.82) is 0 Å². The third kappa shape index (κ3) is 3.30. The van der Waals surface area contributed by atoms with Crippen molar-refractivity contribution in [3.05, 3.63) is 35.4 Å². The molecule has 1 atom stereocenters. The van der Waals surface area contributed by atoms with Gasteiger partial charge in [0.2, 0.25) is 0 Å². The van der Waals surface area contributed by atoms with E-state index < -0.39 is 0 Å². The number of carbonyl (C=O) groups excluding carboxylic acids is 1. The summed E-state index contributed by atoms with van der Waals surface area (Å²) in [5.41, 5.74) is 1.81. The lowest BCUT2D eigenvalue weighted by Gasteiger charge is -2.10. The average molecular weight is 192 g/mol. The summed E-state index contributed by atoms with van der Waals surface area (Å²) in [4.78, 5) is 10.4. The van der Waals surface area contributed by atoms with Crippen molar-refractivity contribution in [2.75, 3.05) is 0 Å². The van der Waals surface area contributed by atoms with Crippen LogP contribution in [0.2, 0.25) is 0 Å². The Hall–Kier alpha value is -1.15. The second-order valence-electron chi connectivity index (χ2n) is 3.39. The second kappa shape index (κ2) is 5.55. The molecule has 0 aliphatic rings. The topological polar surface area (TPSA) is 26.3 Å². The molecule has 0 bridgehead atoms. The van der Waals surface area contributed by atoms with E-state index in [0.29, 0.717) is 18.3 Å². The fourth-order valence-electron chi connectivity index (χ4n) is 1.05. The molecule has 0 N–H and O–H groups in total. The van der Waals surface area contributed by atoms with Gasteiger partial charge in [0.1, 0.15) is 6.29 Å². The van der Waals surface area contributed by atoms with Crippen LogP contribution in [0.4, 0.5) is 0 Å². The lowest BCUT2D eigenvalue weighted by atomic mass is 10.1. The largest absolute Gasteiger partial charge is 0.374 e. The number of aldehydes is 1. The number of rotatable bonds is 5. The van der Waals surface area contributed by atoms with Crippen LogP contribution in [-0.2, 0) is 11.3 Å². The molecule has 0 aliphatic carbocycles. The van der Waals surface area contributed by atoms with Crippen LogP contribution in [0.3, 0.4) is 0 Å². The molecule has 76 valence electrons. The van der Waals surface area contributed by atoms with Crippen LogP contribution in [0.5, 0.6) is 0 Å². The summed E-state index contributed by atoms with van der Waals surface area (Å²) in [6.07, 6.45) is 2.16. The molecule has 1 rings (SSSR count). The number of hydrogen-bond acceptors (Lipinski definition) is 2.